The van der Waals surface area contributed by atoms with Crippen LogP contribution in [0.5, 0.6) is 0 Å². The van der Waals surface area contributed by atoms with Crippen LogP contribution < -0.4 is 17.9 Å². The van der Waals surface area contributed by atoms with Gasteiger partial charge in [0.2, 0.25) is 5.56 Å². The second-order valence-electron chi connectivity index (χ2n) is 7.42. The minimum Gasteiger partial charge on any atom is -0.326 e. The van der Waals surface area contributed by atoms with Crippen LogP contribution in [0.1, 0.15) is 48.0 Å². The summed E-state index contributed by atoms with van der Waals surface area (Å²) in [5, 5.41) is 10.6. The van der Waals surface area contributed by atoms with Gasteiger partial charge in [-0.3, -0.25) is 4.79 Å². The van der Waals surface area contributed by atoms with Crippen LogP contribution in [-0.2, 0) is 6.54 Å². The third kappa shape index (κ3) is 3.49. The molecule has 6 nitrogen and oxygen atoms in total. The number of halogens is 1. The average Bonchev–Trinajstić information content (AvgIpc) is 3.42. The molecule has 1 saturated carbocycles. The number of hydrogen-bond donors (Lipinski definition) is 4. The van der Waals surface area contributed by atoms with Crippen LogP contribution in [0.15, 0.2) is 41.2 Å². The van der Waals surface area contributed by atoms with E-state index in [9.17, 15) is 9.18 Å². The van der Waals surface area contributed by atoms with Crippen LogP contribution in [0.4, 0.5) is 15.9 Å². The van der Waals surface area contributed by atoms with Crippen LogP contribution in [0.3, 0.4) is 0 Å². The molecular weight excluding hydrogens is 467 g/mol. The molecule has 1 aliphatic heterocycles. The number of anilines is 2. The molecule has 1 aliphatic carbocycles. The Kier molecular flexibility index (Phi) is 4.73. The Labute approximate surface area is 172 Å². The van der Waals surface area contributed by atoms with Crippen LogP contribution in [0, 0.1) is 5.82 Å². The molecular formula is C20H20FN5OSb. The Bertz CT molecular complexity index is 1080. The fourth-order valence-electron chi connectivity index (χ4n) is 4.16. The van der Waals surface area contributed by atoms with Crippen molar-refractivity contribution in [2.24, 2.45) is 0 Å². The van der Waals surface area contributed by atoms with Crippen molar-refractivity contribution in [3.8, 4) is 0 Å². The van der Waals surface area contributed by atoms with E-state index in [1.54, 1.807) is 12.1 Å². The summed E-state index contributed by atoms with van der Waals surface area (Å²) < 4.78 is 18.9. The number of rotatable bonds is 4. The molecule has 0 saturated heterocycles. The predicted octanol–water partition coefficient (Wildman–Crippen LogP) is 2.38. The minimum absolute atomic E-state index is 0.0524. The van der Waals surface area contributed by atoms with Crippen molar-refractivity contribution in [3.63, 3.8) is 0 Å². The van der Waals surface area contributed by atoms with Crippen molar-refractivity contribution in [2.45, 2.75) is 37.6 Å². The third-order valence-electron chi connectivity index (χ3n) is 5.60. The first-order chi connectivity index (χ1) is 13.7. The molecule has 143 valence electrons. The van der Waals surface area contributed by atoms with Crippen LogP contribution in [0.25, 0.3) is 0 Å². The second kappa shape index (κ2) is 7.37. The molecule has 0 bridgehead atoms. The summed E-state index contributed by atoms with van der Waals surface area (Å²) >= 11 is -0.613. The van der Waals surface area contributed by atoms with E-state index in [2.05, 4.69) is 24.0 Å². The van der Waals surface area contributed by atoms with Gasteiger partial charge in [-0.05, 0) is 6.07 Å². The zero-order valence-electron chi connectivity index (χ0n) is 15.1. The van der Waals surface area contributed by atoms with E-state index in [1.807, 2.05) is 24.3 Å². The summed E-state index contributed by atoms with van der Waals surface area (Å²) in [5.74, 6) is 1.12. The number of H-pyrrole nitrogens is 2. The Morgan fingerprint density at radius 2 is 2.00 bits per heavy atom. The quantitative estimate of drug-likeness (QED) is 0.426. The molecule has 2 aromatic heterocycles. The minimum atomic E-state index is -0.613. The largest absolute Gasteiger partial charge is 0.326 e. The van der Waals surface area contributed by atoms with Crippen molar-refractivity contribution < 1.29 is 4.39 Å². The molecule has 2 aliphatic rings. The Balaban J connectivity index is 1.30. The number of aromatic nitrogens is 3. The fraction of sp³-hybridized carbons (Fsp3) is 0.300. The number of aromatic amines is 2. The number of pyridine rings is 1. The van der Waals surface area contributed by atoms with E-state index in [0.717, 1.165) is 37.2 Å². The summed E-state index contributed by atoms with van der Waals surface area (Å²) in [5.41, 5.74) is 3.67. The molecule has 1 aromatic carbocycles. The molecule has 0 amide bonds. The van der Waals surface area contributed by atoms with Gasteiger partial charge in [0.05, 0.1) is 0 Å². The van der Waals surface area contributed by atoms with E-state index in [0.29, 0.717) is 23.3 Å². The molecule has 8 heteroatoms. The Hall–Kier alpha value is -2.11. The van der Waals surface area contributed by atoms with E-state index in [-0.39, 0.29) is 11.4 Å². The van der Waals surface area contributed by atoms with Crippen molar-refractivity contribution in [1.82, 2.24) is 18.7 Å². The van der Waals surface area contributed by atoms with Gasteiger partial charge in [0.1, 0.15) is 0 Å². The molecule has 2 unspecified atom stereocenters. The van der Waals surface area contributed by atoms with Gasteiger partial charge in [0.25, 0.3) is 0 Å². The van der Waals surface area contributed by atoms with Crippen LogP contribution >= 0.6 is 0 Å². The molecule has 28 heavy (non-hydrogen) atoms. The third-order valence-corrected chi connectivity index (χ3v) is 8.38. The topological polar surface area (TPSA) is 85.6 Å². The maximum Gasteiger partial charge on any atom is -0.326 e. The van der Waals surface area contributed by atoms with Crippen molar-refractivity contribution in [1.29, 1.82) is 0 Å². The Morgan fingerprint density at radius 3 is 2.86 bits per heavy atom. The van der Waals surface area contributed by atoms with Gasteiger partial charge in [0, 0.05) is 6.07 Å². The molecule has 5 rings (SSSR count). The van der Waals surface area contributed by atoms with Crippen LogP contribution in [-0.4, -0.2) is 37.1 Å². The van der Waals surface area contributed by atoms with Gasteiger partial charge in [0.15, 0.2) is 0 Å². The number of fused-ring (bicyclic) bond motifs is 1. The van der Waals surface area contributed by atoms with Gasteiger partial charge in [-0.15, -0.1) is 0 Å². The standard InChI is InChI=1S/C20H20FN5O.Sb/c21-15-7-4-12(11-22)8-18(15)23-19-10-17(25-26-19)14-6-5-13(9-14)16-2-1-3-20(27)24-16;/h1-3,7-8,10,13-14,22H,5-6,9,11H2,(H,24,27)(H2,23,25,26);/q-1;+1. The number of hydrogen-bond acceptors (Lipinski definition) is 4. The molecule has 1 radical (unpaired) electrons. The summed E-state index contributed by atoms with van der Waals surface area (Å²) in [7, 11) is 0. The second-order valence-corrected chi connectivity index (χ2v) is 10.3. The maximum atomic E-state index is 14.4. The van der Waals surface area contributed by atoms with E-state index in [1.165, 1.54) is 9.07 Å². The maximum absolute atomic E-state index is 14.4. The zero-order chi connectivity index (χ0) is 19.1. The van der Waals surface area contributed by atoms with Crippen molar-refractivity contribution in [3.05, 3.63) is 69.5 Å². The first-order valence-electron chi connectivity index (χ1n) is 9.43. The monoisotopic (exact) mass is 486 g/mol. The van der Waals surface area contributed by atoms with Gasteiger partial charge < -0.3 is 4.98 Å². The smallest absolute Gasteiger partial charge is 0.326 e. The predicted molar refractivity (Wildman–Crippen MR) is 107 cm³/mol. The SMILES string of the molecule is O=c1cccc(C2CCC(c3cc(Nc4cc5[c](cc4F)[Sb][NH]C5)n[nH]3)C2)[nH]1. The van der Waals surface area contributed by atoms with Gasteiger partial charge in [-0.1, -0.05) is 6.07 Å². The average molecular weight is 487 g/mol. The summed E-state index contributed by atoms with van der Waals surface area (Å²) in [4.78, 5) is 14.5. The molecule has 0 spiro atoms. The first kappa shape index (κ1) is 18.0. The van der Waals surface area contributed by atoms with Crippen molar-refractivity contribution >= 4 is 36.9 Å². The molecule has 3 aromatic rings. The van der Waals surface area contributed by atoms with Crippen LogP contribution in [0.2, 0.25) is 0 Å². The van der Waals surface area contributed by atoms with Crippen molar-refractivity contribution in [2.75, 3.05) is 5.32 Å². The zero-order valence-corrected chi connectivity index (χ0v) is 17.7. The first-order valence-corrected chi connectivity index (χ1v) is 12.0. The molecule has 1 fully saturated rings. The normalized spacial score (nSPS) is 21.0. The summed E-state index contributed by atoms with van der Waals surface area (Å²) in [6, 6.07) is 10.9. The summed E-state index contributed by atoms with van der Waals surface area (Å²) in [6.07, 6.45) is 3.03. The molecule has 2 atom stereocenters. The van der Waals surface area contributed by atoms with Gasteiger partial charge in [-0.25, -0.2) is 0 Å². The van der Waals surface area contributed by atoms with E-state index >= 15 is 0 Å². The fourth-order valence-corrected chi connectivity index (χ4v) is 6.68. The van der Waals surface area contributed by atoms with Gasteiger partial charge in [-0.2, -0.15) is 0 Å². The molecule has 3 heterocycles. The Morgan fingerprint density at radius 1 is 1.14 bits per heavy atom. The number of benzene rings is 1. The van der Waals surface area contributed by atoms with Gasteiger partial charge >= 0.3 is 139 Å². The number of nitrogens with zero attached hydrogens (tertiary/aromatic N) is 1. The van der Waals surface area contributed by atoms with E-state index < -0.39 is 21.9 Å². The summed E-state index contributed by atoms with van der Waals surface area (Å²) in [6.45, 7) is 0.832. The van der Waals surface area contributed by atoms with E-state index in [4.69, 9.17) is 0 Å². The number of nitrogens with one attached hydrogen (secondary N) is 4. The molecule has 4 N–H and O–H groups in total.